The molecule has 8 nitrogen and oxygen atoms in total. The zero-order chi connectivity index (χ0) is 22.9. The van der Waals surface area contributed by atoms with Gasteiger partial charge in [-0.15, -0.1) is 0 Å². The van der Waals surface area contributed by atoms with Crippen LogP contribution < -0.4 is 10.5 Å². The van der Waals surface area contributed by atoms with Crippen molar-refractivity contribution in [1.82, 2.24) is 0 Å². The molecule has 2 N–H and O–H groups in total. The number of carbonyl (C=O) groups is 3. The van der Waals surface area contributed by atoms with Gasteiger partial charge in [0.05, 0.1) is 25.4 Å². The van der Waals surface area contributed by atoms with E-state index >= 15 is 0 Å². The number of nitrogens with two attached hydrogens (primary N) is 1. The second-order valence-corrected chi connectivity index (χ2v) is 7.18. The monoisotopic (exact) mass is 439 g/mol. The number of unbranched alkanes of at least 4 members (excludes halogenated alkanes) is 1. The average Bonchev–Trinajstić information content (AvgIpc) is 3.19. The molecule has 0 radical (unpaired) electrons. The summed E-state index contributed by atoms with van der Waals surface area (Å²) < 4.78 is 21.2. The molecule has 0 saturated carbocycles. The van der Waals surface area contributed by atoms with Crippen LogP contribution in [0.15, 0.2) is 48.5 Å². The molecule has 0 unspecified atom stereocenters. The fourth-order valence-electron chi connectivity index (χ4n) is 3.10. The number of carbonyl (C=O) groups excluding carboxylic acids is 3. The van der Waals surface area contributed by atoms with Gasteiger partial charge in [0.15, 0.2) is 0 Å². The van der Waals surface area contributed by atoms with Crippen LogP contribution in [0.1, 0.15) is 46.3 Å². The first kappa shape index (κ1) is 22.9. The largest absolute Gasteiger partial charge is 0.494 e. The van der Waals surface area contributed by atoms with E-state index in [1.807, 2.05) is 18.2 Å². The number of amides is 1. The van der Waals surface area contributed by atoms with Crippen molar-refractivity contribution in [2.45, 2.75) is 32.5 Å². The first-order valence-electron chi connectivity index (χ1n) is 10.2. The summed E-state index contributed by atoms with van der Waals surface area (Å²) in [7, 11) is 1.30. The number of primary amides is 1. The smallest absolute Gasteiger partial charge is 0.338 e. The zero-order valence-electron chi connectivity index (χ0n) is 17.8. The highest BCUT2D eigenvalue weighted by atomic mass is 16.5. The number of benzene rings is 2. The number of hydrogen-bond acceptors (Lipinski definition) is 7. The Morgan fingerprint density at radius 1 is 1.09 bits per heavy atom. The van der Waals surface area contributed by atoms with Crippen LogP contribution in [0, 0.1) is 0 Å². The maximum Gasteiger partial charge on any atom is 0.338 e. The van der Waals surface area contributed by atoms with Crippen molar-refractivity contribution in [3.8, 4) is 5.75 Å². The zero-order valence-corrected chi connectivity index (χ0v) is 17.8. The lowest BCUT2D eigenvalue weighted by atomic mass is 10.0. The predicted molar refractivity (Wildman–Crippen MR) is 115 cm³/mol. The molecule has 3 rings (SSSR count). The van der Waals surface area contributed by atoms with Crippen LogP contribution in [0.4, 0.5) is 0 Å². The van der Waals surface area contributed by atoms with E-state index in [0.717, 1.165) is 23.1 Å². The molecular formula is C24H25NO7. The molecule has 0 aromatic heterocycles. The topological polar surface area (TPSA) is 114 Å². The molecule has 0 atom stereocenters. The molecule has 1 aliphatic heterocycles. The van der Waals surface area contributed by atoms with Crippen molar-refractivity contribution >= 4 is 23.6 Å². The summed E-state index contributed by atoms with van der Waals surface area (Å²) in [6.07, 6.45) is 3.03. The molecule has 1 aliphatic rings. The van der Waals surface area contributed by atoms with E-state index < -0.39 is 11.9 Å². The standard InChI is InChI=1S/C24H25NO7/c1-29-23(27)13-21-20-12-16(5-6-18(20)15-31-21)14-32-24(28)17-7-9-19(10-8-17)30-11-3-2-4-22(25)26/h5-10,12-13H,2-4,11,14-15H2,1H3,(H2,25,26)/b21-13+. The summed E-state index contributed by atoms with van der Waals surface area (Å²) in [4.78, 5) is 34.6. The van der Waals surface area contributed by atoms with E-state index in [2.05, 4.69) is 4.74 Å². The number of esters is 2. The first-order chi connectivity index (χ1) is 15.5. The lowest BCUT2D eigenvalue weighted by molar-refractivity contribution is -0.134. The molecule has 8 heteroatoms. The molecule has 2 aromatic rings. The van der Waals surface area contributed by atoms with Gasteiger partial charge < -0.3 is 24.7 Å². The number of fused-ring (bicyclic) bond motifs is 1. The number of hydrogen-bond donors (Lipinski definition) is 1. The van der Waals surface area contributed by atoms with E-state index in [9.17, 15) is 14.4 Å². The number of ether oxygens (including phenoxy) is 4. The third-order valence-corrected chi connectivity index (χ3v) is 4.82. The van der Waals surface area contributed by atoms with Gasteiger partial charge in [-0.05, 0) is 48.7 Å². The molecule has 32 heavy (non-hydrogen) atoms. The summed E-state index contributed by atoms with van der Waals surface area (Å²) >= 11 is 0. The predicted octanol–water partition coefficient (Wildman–Crippen LogP) is 3.12. The summed E-state index contributed by atoms with van der Waals surface area (Å²) in [5.74, 6) is -0.212. The lowest BCUT2D eigenvalue weighted by Gasteiger charge is -2.08. The van der Waals surface area contributed by atoms with E-state index in [4.69, 9.17) is 19.9 Å². The van der Waals surface area contributed by atoms with E-state index in [1.54, 1.807) is 24.3 Å². The fourth-order valence-corrected chi connectivity index (χ4v) is 3.10. The summed E-state index contributed by atoms with van der Waals surface area (Å²) in [6.45, 7) is 0.916. The second kappa shape index (κ2) is 11.0. The van der Waals surface area contributed by atoms with Crippen molar-refractivity contribution < 1.29 is 33.3 Å². The Kier molecular flexibility index (Phi) is 7.85. The molecule has 168 valence electrons. The Labute approximate surface area is 185 Å². The van der Waals surface area contributed by atoms with Gasteiger partial charge in [0, 0.05) is 17.5 Å². The van der Waals surface area contributed by atoms with Crippen molar-refractivity contribution in [1.29, 1.82) is 0 Å². The molecule has 0 aliphatic carbocycles. The summed E-state index contributed by atoms with van der Waals surface area (Å²) in [6, 6.07) is 12.2. The van der Waals surface area contributed by atoms with Crippen LogP contribution >= 0.6 is 0 Å². The van der Waals surface area contributed by atoms with Gasteiger partial charge in [0.2, 0.25) is 5.91 Å². The van der Waals surface area contributed by atoms with Crippen LogP contribution in [-0.4, -0.2) is 31.6 Å². The molecule has 0 spiro atoms. The molecular weight excluding hydrogens is 414 g/mol. The Bertz CT molecular complexity index is 1010. The molecule has 1 heterocycles. The molecule has 0 saturated heterocycles. The Morgan fingerprint density at radius 3 is 2.59 bits per heavy atom. The van der Waals surface area contributed by atoms with Crippen molar-refractivity contribution in [3.63, 3.8) is 0 Å². The van der Waals surface area contributed by atoms with E-state index in [-0.39, 0.29) is 12.5 Å². The van der Waals surface area contributed by atoms with Crippen molar-refractivity contribution in [2.24, 2.45) is 5.73 Å². The van der Waals surface area contributed by atoms with Crippen molar-refractivity contribution in [3.05, 3.63) is 70.8 Å². The van der Waals surface area contributed by atoms with Gasteiger partial charge in [0.1, 0.15) is 24.7 Å². The highest BCUT2D eigenvalue weighted by Crippen LogP contribution is 2.30. The van der Waals surface area contributed by atoms with Crippen LogP contribution in [0.25, 0.3) is 5.76 Å². The molecule has 0 fully saturated rings. The average molecular weight is 439 g/mol. The fraction of sp³-hybridized carbons (Fsp3) is 0.292. The van der Waals surface area contributed by atoms with Crippen LogP contribution in [0.2, 0.25) is 0 Å². The maximum absolute atomic E-state index is 12.4. The van der Waals surface area contributed by atoms with Crippen LogP contribution in [0.3, 0.4) is 0 Å². The Balaban J connectivity index is 1.52. The highest BCUT2D eigenvalue weighted by Gasteiger charge is 2.20. The van der Waals surface area contributed by atoms with Gasteiger partial charge in [-0.2, -0.15) is 0 Å². The van der Waals surface area contributed by atoms with Gasteiger partial charge in [-0.25, -0.2) is 9.59 Å². The molecule has 0 bridgehead atoms. The Hall–Kier alpha value is -3.81. The van der Waals surface area contributed by atoms with Gasteiger partial charge in [-0.3, -0.25) is 4.79 Å². The van der Waals surface area contributed by atoms with E-state index in [1.165, 1.54) is 13.2 Å². The first-order valence-corrected chi connectivity index (χ1v) is 10.2. The van der Waals surface area contributed by atoms with Gasteiger partial charge in [0.25, 0.3) is 0 Å². The van der Waals surface area contributed by atoms with Gasteiger partial charge in [-0.1, -0.05) is 12.1 Å². The van der Waals surface area contributed by atoms with Crippen LogP contribution in [-0.2, 0) is 37.0 Å². The minimum absolute atomic E-state index is 0.0791. The van der Waals surface area contributed by atoms with Crippen molar-refractivity contribution in [2.75, 3.05) is 13.7 Å². The number of methoxy groups -OCH3 is 1. The van der Waals surface area contributed by atoms with Crippen LogP contribution in [0.5, 0.6) is 5.75 Å². The minimum Gasteiger partial charge on any atom is -0.494 e. The third kappa shape index (κ3) is 6.34. The Morgan fingerprint density at radius 2 is 1.88 bits per heavy atom. The highest BCUT2D eigenvalue weighted by molar-refractivity contribution is 5.91. The lowest BCUT2D eigenvalue weighted by Crippen LogP contribution is -2.10. The summed E-state index contributed by atoms with van der Waals surface area (Å²) in [5.41, 5.74) is 8.00. The van der Waals surface area contributed by atoms with Gasteiger partial charge >= 0.3 is 11.9 Å². The third-order valence-electron chi connectivity index (χ3n) is 4.82. The molecule has 1 amide bonds. The normalized spacial score (nSPS) is 13.2. The summed E-state index contributed by atoms with van der Waals surface area (Å²) in [5, 5.41) is 0. The molecule has 2 aromatic carbocycles. The maximum atomic E-state index is 12.4. The van der Waals surface area contributed by atoms with E-state index in [0.29, 0.717) is 43.1 Å². The minimum atomic E-state index is -0.497. The SMILES string of the molecule is COC(=O)/C=C1/OCc2ccc(COC(=O)c3ccc(OCCCCC(N)=O)cc3)cc21. The quantitative estimate of drug-likeness (QED) is 0.344. The second-order valence-electron chi connectivity index (χ2n) is 7.18. The number of rotatable bonds is 10.